The highest BCUT2D eigenvalue weighted by Gasteiger charge is 2.47. The Balaban J connectivity index is 2.82. The van der Waals surface area contributed by atoms with Crippen LogP contribution < -0.4 is 21.7 Å². The first-order chi connectivity index (χ1) is 31.5. The number of primary amides is 1. The molecule has 0 aromatic carbocycles. The maximum absolute atomic E-state index is 13.2. The highest BCUT2D eigenvalue weighted by molar-refractivity contribution is 5.92. The fourth-order valence-electron chi connectivity index (χ4n) is 7.75. The third-order valence-electron chi connectivity index (χ3n) is 11.8. The second-order valence-corrected chi connectivity index (χ2v) is 17.7. The summed E-state index contributed by atoms with van der Waals surface area (Å²) in [4.78, 5) is 87.7. The lowest BCUT2D eigenvalue weighted by atomic mass is 9.96. The molecule has 1 aliphatic heterocycles. The van der Waals surface area contributed by atoms with Crippen LogP contribution in [0.25, 0.3) is 0 Å². The lowest BCUT2D eigenvalue weighted by molar-refractivity contribution is -0.267. The van der Waals surface area contributed by atoms with Gasteiger partial charge in [-0.05, 0) is 39.5 Å². The summed E-state index contributed by atoms with van der Waals surface area (Å²) in [6.45, 7) is 7.65. The van der Waals surface area contributed by atoms with Gasteiger partial charge in [-0.1, -0.05) is 129 Å². The first-order valence-corrected chi connectivity index (χ1v) is 24.8. The number of unbranched alkanes of at least 4 members (excludes halogenated alkanes) is 18. The lowest BCUT2D eigenvalue weighted by Crippen LogP contribution is -2.66. The van der Waals surface area contributed by atoms with Crippen LogP contribution in [0.3, 0.4) is 0 Å². The number of nitrogens with two attached hydrogens (primary N) is 1. The minimum Gasteiger partial charge on any atom is -0.469 e. The number of ether oxygens (including phenoxy) is 5. The number of carbonyl (C=O) groups excluding carboxylic acids is 7. The number of rotatable bonds is 38. The summed E-state index contributed by atoms with van der Waals surface area (Å²) >= 11 is 0. The summed E-state index contributed by atoms with van der Waals surface area (Å²) in [5, 5.41) is 29.6. The first-order valence-electron chi connectivity index (χ1n) is 24.8. The van der Waals surface area contributed by atoms with Gasteiger partial charge in [0.05, 0.1) is 13.5 Å². The number of aliphatic hydroxyl groups excluding tert-OH is 2. The van der Waals surface area contributed by atoms with Crippen molar-refractivity contribution in [2.24, 2.45) is 5.73 Å². The fourth-order valence-corrected chi connectivity index (χ4v) is 7.75. The zero-order valence-corrected chi connectivity index (χ0v) is 41.0. The summed E-state index contributed by atoms with van der Waals surface area (Å²) in [7, 11) is 1.17. The van der Waals surface area contributed by atoms with E-state index in [1.807, 2.05) is 0 Å². The molecule has 7 N–H and O–H groups in total. The number of methoxy groups -OCH3 is 1. The Labute approximate surface area is 393 Å². The van der Waals surface area contributed by atoms with Crippen LogP contribution >= 0.6 is 0 Å². The molecule has 18 heteroatoms. The summed E-state index contributed by atoms with van der Waals surface area (Å²) < 4.78 is 27.3. The molecule has 2 unspecified atom stereocenters. The Morgan fingerprint density at radius 3 is 1.71 bits per heavy atom. The number of nitrogens with one attached hydrogen (secondary N) is 3. The van der Waals surface area contributed by atoms with Crippen LogP contribution in [0.4, 0.5) is 0 Å². The second kappa shape index (κ2) is 36.2. The van der Waals surface area contributed by atoms with Gasteiger partial charge in [0.2, 0.25) is 23.6 Å². The fraction of sp³-hybridized carbons (Fsp3) is 0.854. The Bertz CT molecular complexity index is 1420. The van der Waals surface area contributed by atoms with E-state index in [1.54, 1.807) is 0 Å². The van der Waals surface area contributed by atoms with Crippen LogP contribution in [0.1, 0.15) is 195 Å². The molecular weight excluding hydrogens is 857 g/mol. The topological polar surface area (TPSA) is 268 Å². The molecule has 4 amide bonds. The molecule has 0 saturated carbocycles. The van der Waals surface area contributed by atoms with Gasteiger partial charge in [0.1, 0.15) is 55.3 Å². The normalized spacial score (nSPS) is 20.0. The van der Waals surface area contributed by atoms with E-state index < -0.39 is 97.1 Å². The van der Waals surface area contributed by atoms with E-state index >= 15 is 0 Å². The van der Waals surface area contributed by atoms with E-state index in [0.717, 1.165) is 57.8 Å². The highest BCUT2D eigenvalue weighted by Crippen LogP contribution is 2.25. The quantitative estimate of drug-likeness (QED) is 0.0263. The molecule has 0 aliphatic carbocycles. The molecule has 1 saturated heterocycles. The van der Waals surface area contributed by atoms with Crippen molar-refractivity contribution in [1.82, 2.24) is 16.0 Å². The Hall–Kier alpha value is -3.87. The molecule has 66 heavy (non-hydrogen) atoms. The number of aliphatic hydroxyl groups is 2. The van der Waals surface area contributed by atoms with Gasteiger partial charge in [-0.15, -0.1) is 0 Å². The largest absolute Gasteiger partial charge is 0.469 e. The molecule has 1 fully saturated rings. The van der Waals surface area contributed by atoms with E-state index in [0.29, 0.717) is 12.8 Å². The molecule has 0 bridgehead atoms. The standard InChI is InChI=1S/C48H86N4O14/c1-7-9-11-13-15-16-17-18-19-20-22-24-26-28-40(55)65-36(27-25-23-21-14-12-10-8-2)31-41(56)63-32-38-43(57)44(42(48(61)66-38)51-35(5)53)64-34(4)47(60)50-33(3)46(59)52-37(45(49)58)29-30-39(54)62-6/h33-34,36-38,42-44,48,57,61H,7-32H2,1-6H3,(H2,49,58)(H,50,60)(H,51,53)(H,52,59)/t33-,34?,36+,37+,38+,42+,43+,44-,48?/m0/s1. The van der Waals surface area contributed by atoms with E-state index in [9.17, 15) is 43.8 Å². The van der Waals surface area contributed by atoms with Gasteiger partial charge >= 0.3 is 17.9 Å². The van der Waals surface area contributed by atoms with Crippen molar-refractivity contribution in [3.05, 3.63) is 0 Å². The van der Waals surface area contributed by atoms with Crippen molar-refractivity contribution in [2.75, 3.05) is 13.7 Å². The third-order valence-corrected chi connectivity index (χ3v) is 11.8. The second-order valence-electron chi connectivity index (χ2n) is 17.7. The van der Waals surface area contributed by atoms with Crippen molar-refractivity contribution in [1.29, 1.82) is 0 Å². The van der Waals surface area contributed by atoms with Crippen LogP contribution in [0.5, 0.6) is 0 Å². The number of amides is 4. The van der Waals surface area contributed by atoms with Crippen molar-refractivity contribution < 1.29 is 67.5 Å². The van der Waals surface area contributed by atoms with Gasteiger partial charge in [0.15, 0.2) is 6.29 Å². The van der Waals surface area contributed by atoms with Gasteiger partial charge in [-0.3, -0.25) is 33.6 Å². The average molecular weight is 943 g/mol. The molecule has 9 atom stereocenters. The first kappa shape index (κ1) is 60.1. The number of carbonyl (C=O) groups is 7. The molecule has 0 aromatic heterocycles. The van der Waals surface area contributed by atoms with Crippen molar-refractivity contribution in [3.8, 4) is 0 Å². The summed E-state index contributed by atoms with van der Waals surface area (Å²) in [5.41, 5.74) is 5.37. The minimum atomic E-state index is -1.77. The third kappa shape index (κ3) is 27.1. The predicted molar refractivity (Wildman–Crippen MR) is 247 cm³/mol. The number of esters is 3. The smallest absolute Gasteiger partial charge is 0.309 e. The maximum atomic E-state index is 13.2. The van der Waals surface area contributed by atoms with Crippen LogP contribution in [0.15, 0.2) is 0 Å². The van der Waals surface area contributed by atoms with Crippen molar-refractivity contribution in [2.45, 2.75) is 250 Å². The van der Waals surface area contributed by atoms with E-state index in [2.05, 4.69) is 34.5 Å². The zero-order valence-electron chi connectivity index (χ0n) is 41.0. The van der Waals surface area contributed by atoms with Gasteiger partial charge in [-0.25, -0.2) is 0 Å². The SMILES string of the molecule is CCCCCCCCCCCCCCCC(=O)O[C@H](CCCCCCCCC)CC(=O)OC[C@H]1OC(O)[C@H](NC(C)=O)[C@H](OC(C)C(=O)N[C@@H](C)C(=O)N[C@H](CCC(=O)OC)C(N)=O)[C@@H]1O. The molecule has 18 nitrogen and oxygen atoms in total. The molecule has 382 valence electrons. The van der Waals surface area contributed by atoms with Crippen LogP contribution in [-0.4, -0.2) is 120 Å². The molecule has 0 aromatic rings. The number of hydrogen-bond donors (Lipinski definition) is 6. The van der Waals surface area contributed by atoms with Crippen LogP contribution in [0, 0.1) is 0 Å². The lowest BCUT2D eigenvalue weighted by Gasteiger charge is -2.43. The monoisotopic (exact) mass is 943 g/mol. The maximum Gasteiger partial charge on any atom is 0.309 e. The van der Waals surface area contributed by atoms with E-state index in [-0.39, 0.29) is 31.7 Å². The minimum absolute atomic E-state index is 0.133. The van der Waals surface area contributed by atoms with Crippen LogP contribution in [0.2, 0.25) is 0 Å². The summed E-state index contributed by atoms with van der Waals surface area (Å²) in [6.07, 6.45) is 14.6. The van der Waals surface area contributed by atoms with Crippen molar-refractivity contribution in [3.63, 3.8) is 0 Å². The predicted octanol–water partition coefficient (Wildman–Crippen LogP) is 5.24. The van der Waals surface area contributed by atoms with Gasteiger partial charge in [0.25, 0.3) is 0 Å². The van der Waals surface area contributed by atoms with Crippen LogP contribution in [-0.2, 0) is 57.2 Å². The Morgan fingerprint density at radius 2 is 1.20 bits per heavy atom. The van der Waals surface area contributed by atoms with Gasteiger partial charge < -0.3 is 55.6 Å². The number of hydrogen-bond acceptors (Lipinski definition) is 14. The molecular formula is C48H86N4O14. The average Bonchev–Trinajstić information content (AvgIpc) is 3.27. The zero-order chi connectivity index (χ0) is 49.3. The summed E-state index contributed by atoms with van der Waals surface area (Å²) in [6, 6.07) is -3.81. The van der Waals surface area contributed by atoms with E-state index in [1.165, 1.54) is 92.1 Å². The Morgan fingerprint density at radius 1 is 0.667 bits per heavy atom. The van der Waals surface area contributed by atoms with E-state index in [4.69, 9.17) is 24.7 Å². The molecule has 1 aliphatic rings. The molecule has 0 radical (unpaired) electrons. The van der Waals surface area contributed by atoms with Crippen molar-refractivity contribution >= 4 is 41.5 Å². The Kier molecular flexibility index (Phi) is 33.0. The van der Waals surface area contributed by atoms with Gasteiger partial charge in [0, 0.05) is 19.8 Å². The molecule has 1 heterocycles. The summed E-state index contributed by atoms with van der Waals surface area (Å²) in [5.74, 6) is -4.84. The van der Waals surface area contributed by atoms with Gasteiger partial charge in [-0.2, -0.15) is 0 Å². The highest BCUT2D eigenvalue weighted by atomic mass is 16.6. The molecule has 1 rings (SSSR count). The molecule has 0 spiro atoms.